The number of hydrogen-bond donors (Lipinski definition) is 1. The Morgan fingerprint density at radius 1 is 1.35 bits per heavy atom. The lowest BCUT2D eigenvalue weighted by atomic mass is 10.1. The van der Waals surface area contributed by atoms with E-state index in [1.165, 1.54) is 0 Å². The number of likely N-dealkylation sites (N-methyl/N-ethyl adjacent to an activating group) is 1. The van der Waals surface area contributed by atoms with Crippen molar-refractivity contribution in [3.63, 3.8) is 0 Å². The van der Waals surface area contributed by atoms with Gasteiger partial charge >= 0.3 is 0 Å². The molecule has 0 rings (SSSR count). The highest BCUT2D eigenvalue weighted by Gasteiger charge is 2.05. The molecule has 0 amide bonds. The number of allylic oxidation sites excluding steroid dienone is 4. The third-order valence-corrected chi connectivity index (χ3v) is 2.55. The third-order valence-electron chi connectivity index (χ3n) is 2.55. The summed E-state index contributed by atoms with van der Waals surface area (Å²) in [6, 6.07) is 0. The predicted octanol–water partition coefficient (Wildman–Crippen LogP) is 2.96. The molecule has 0 unspecified atom stereocenters. The second-order valence-electron chi connectivity index (χ2n) is 3.60. The first-order valence-electron chi connectivity index (χ1n) is 5.98. The number of aldehydes is 1. The van der Waals surface area contributed by atoms with Gasteiger partial charge in [0, 0.05) is 12.6 Å². The quantitative estimate of drug-likeness (QED) is 0.320. The van der Waals surface area contributed by atoms with Crippen molar-refractivity contribution in [1.82, 2.24) is 5.32 Å². The number of rotatable bonds is 7. The van der Waals surface area contributed by atoms with Crippen molar-refractivity contribution in [2.45, 2.75) is 34.1 Å². The smallest absolute Gasteiger partial charge is 0.150 e. The van der Waals surface area contributed by atoms with Gasteiger partial charge in [0.2, 0.25) is 0 Å². The van der Waals surface area contributed by atoms with Crippen molar-refractivity contribution >= 4 is 6.29 Å². The summed E-state index contributed by atoms with van der Waals surface area (Å²) < 4.78 is 5.49. The Morgan fingerprint density at radius 3 is 2.35 bits per heavy atom. The van der Waals surface area contributed by atoms with Gasteiger partial charge in [-0.2, -0.15) is 0 Å². The molecule has 0 atom stereocenters. The molecule has 0 aliphatic rings. The first kappa shape index (κ1) is 15.5. The maximum absolute atomic E-state index is 11.0. The lowest BCUT2D eigenvalue weighted by molar-refractivity contribution is -0.104. The molecule has 0 aliphatic heterocycles. The zero-order valence-corrected chi connectivity index (χ0v) is 11.5. The summed E-state index contributed by atoms with van der Waals surface area (Å²) >= 11 is 0. The van der Waals surface area contributed by atoms with Crippen molar-refractivity contribution in [3.8, 4) is 0 Å². The molecule has 3 nitrogen and oxygen atoms in total. The zero-order valence-electron chi connectivity index (χ0n) is 11.5. The molecule has 1 N–H and O–H groups in total. The molecule has 0 aromatic carbocycles. The minimum atomic E-state index is 0.603. The number of ether oxygens (including phenoxy) is 1. The summed E-state index contributed by atoms with van der Waals surface area (Å²) in [6.07, 6.45) is 5.46. The minimum absolute atomic E-state index is 0.603. The van der Waals surface area contributed by atoms with Crippen molar-refractivity contribution in [2.24, 2.45) is 0 Å². The van der Waals surface area contributed by atoms with Crippen LogP contribution in [0.25, 0.3) is 0 Å². The molecule has 0 bridgehead atoms. The molecule has 17 heavy (non-hydrogen) atoms. The van der Waals surface area contributed by atoms with E-state index in [1.54, 1.807) is 0 Å². The number of carbonyl (C=O) groups excluding carboxylic acids is 1. The summed E-state index contributed by atoms with van der Waals surface area (Å²) in [7, 11) is 1.82. The van der Waals surface area contributed by atoms with Gasteiger partial charge in [-0.1, -0.05) is 12.5 Å². The van der Waals surface area contributed by atoms with E-state index in [0.29, 0.717) is 12.2 Å². The minimum Gasteiger partial charge on any atom is -0.492 e. The van der Waals surface area contributed by atoms with Crippen LogP contribution in [0, 0.1) is 0 Å². The molecule has 3 heteroatoms. The predicted molar refractivity (Wildman–Crippen MR) is 71.6 cm³/mol. The van der Waals surface area contributed by atoms with E-state index in [-0.39, 0.29) is 0 Å². The Labute approximate surface area is 104 Å². The van der Waals surface area contributed by atoms with Gasteiger partial charge in [-0.15, -0.1) is 0 Å². The number of nitrogens with one attached hydrogen (secondary N) is 1. The average Bonchev–Trinajstić information content (AvgIpc) is 2.37. The largest absolute Gasteiger partial charge is 0.492 e. The van der Waals surface area contributed by atoms with Crippen LogP contribution >= 0.6 is 0 Å². The molecule has 96 valence electrons. The summed E-state index contributed by atoms with van der Waals surface area (Å²) in [5.41, 5.74) is 2.60. The number of hydrogen-bond acceptors (Lipinski definition) is 3. The van der Waals surface area contributed by atoms with Crippen molar-refractivity contribution in [2.75, 3.05) is 13.7 Å². The van der Waals surface area contributed by atoms with E-state index in [9.17, 15) is 4.79 Å². The molecule has 0 radical (unpaired) electrons. The van der Waals surface area contributed by atoms with Gasteiger partial charge in [0.1, 0.15) is 12.0 Å². The highest BCUT2D eigenvalue weighted by Crippen LogP contribution is 2.14. The Morgan fingerprint density at radius 2 is 2.00 bits per heavy atom. The van der Waals surface area contributed by atoms with Gasteiger partial charge in [-0.25, -0.2) is 0 Å². The lowest BCUT2D eigenvalue weighted by Crippen LogP contribution is -2.11. The maximum atomic E-state index is 11.0. The lowest BCUT2D eigenvalue weighted by Gasteiger charge is -2.12. The van der Waals surface area contributed by atoms with E-state index in [1.807, 2.05) is 46.9 Å². The Kier molecular flexibility index (Phi) is 7.85. The average molecular weight is 237 g/mol. The fourth-order valence-corrected chi connectivity index (χ4v) is 1.36. The number of carbonyl (C=O) groups is 1. The normalized spacial score (nSPS) is 14.2. The standard InChI is InChI=1S/C14H23NO2/c1-6-11(4)12(10-16)9-13(15-5)14(7-2)17-8-3/h7,9-10,15H,6,8H2,1-5H3/b12-11-,13-9-,14-7?. The highest BCUT2D eigenvalue weighted by atomic mass is 16.5. The second kappa shape index (κ2) is 8.62. The maximum Gasteiger partial charge on any atom is 0.150 e. The van der Waals surface area contributed by atoms with Crippen LogP contribution < -0.4 is 5.32 Å². The topological polar surface area (TPSA) is 38.3 Å². The SMILES string of the molecule is CC=C(OCC)/C(=C/C(C=O)=C(\C)CC)NC. The highest BCUT2D eigenvalue weighted by molar-refractivity contribution is 5.79. The summed E-state index contributed by atoms with van der Waals surface area (Å²) in [5.74, 6) is 0.762. The van der Waals surface area contributed by atoms with Crippen LogP contribution in [0.3, 0.4) is 0 Å². The van der Waals surface area contributed by atoms with Crippen molar-refractivity contribution in [3.05, 3.63) is 34.8 Å². The van der Waals surface area contributed by atoms with Crippen LogP contribution in [0.5, 0.6) is 0 Å². The first-order valence-corrected chi connectivity index (χ1v) is 5.98. The molecule has 0 spiro atoms. The van der Waals surface area contributed by atoms with E-state index >= 15 is 0 Å². The van der Waals surface area contributed by atoms with E-state index in [4.69, 9.17) is 4.74 Å². The van der Waals surface area contributed by atoms with Crippen molar-refractivity contribution < 1.29 is 9.53 Å². The molecule has 0 saturated heterocycles. The first-order chi connectivity index (χ1) is 8.14. The van der Waals surface area contributed by atoms with Crippen LogP contribution in [0.2, 0.25) is 0 Å². The van der Waals surface area contributed by atoms with E-state index < -0.39 is 0 Å². The zero-order chi connectivity index (χ0) is 13.3. The van der Waals surface area contributed by atoms with Crippen LogP contribution in [0.1, 0.15) is 34.1 Å². The fraction of sp³-hybridized carbons (Fsp3) is 0.500. The van der Waals surface area contributed by atoms with Gasteiger partial charge in [-0.05, 0) is 39.3 Å². The van der Waals surface area contributed by atoms with Crippen LogP contribution in [0.4, 0.5) is 0 Å². The molecule has 0 aliphatic carbocycles. The molecule has 0 fully saturated rings. The molecular weight excluding hydrogens is 214 g/mol. The van der Waals surface area contributed by atoms with E-state index in [0.717, 1.165) is 29.7 Å². The third kappa shape index (κ3) is 4.89. The molecule has 0 aromatic rings. The van der Waals surface area contributed by atoms with Gasteiger partial charge in [0.05, 0.1) is 12.3 Å². The fourth-order valence-electron chi connectivity index (χ4n) is 1.36. The second-order valence-corrected chi connectivity index (χ2v) is 3.60. The Bertz CT molecular complexity index is 338. The molecular formula is C14H23NO2. The summed E-state index contributed by atoms with van der Waals surface area (Å²) in [6.45, 7) is 8.44. The van der Waals surface area contributed by atoms with E-state index in [2.05, 4.69) is 5.32 Å². The van der Waals surface area contributed by atoms with Gasteiger partial charge in [-0.3, -0.25) is 4.79 Å². The Hall–Kier alpha value is -1.51. The Balaban J connectivity index is 5.29. The van der Waals surface area contributed by atoms with Gasteiger partial charge in [0.25, 0.3) is 0 Å². The molecule has 0 heterocycles. The molecule has 0 aromatic heterocycles. The molecule has 0 saturated carbocycles. The van der Waals surface area contributed by atoms with Crippen LogP contribution in [-0.4, -0.2) is 19.9 Å². The van der Waals surface area contributed by atoms with Crippen LogP contribution in [0.15, 0.2) is 34.8 Å². The summed E-state index contributed by atoms with van der Waals surface area (Å²) in [5, 5.41) is 3.06. The van der Waals surface area contributed by atoms with Crippen LogP contribution in [-0.2, 0) is 9.53 Å². The van der Waals surface area contributed by atoms with Crippen molar-refractivity contribution in [1.29, 1.82) is 0 Å². The van der Waals surface area contributed by atoms with Gasteiger partial charge < -0.3 is 10.1 Å². The monoisotopic (exact) mass is 237 g/mol. The van der Waals surface area contributed by atoms with Gasteiger partial charge in [0.15, 0.2) is 0 Å². The summed E-state index contributed by atoms with van der Waals surface area (Å²) in [4.78, 5) is 11.0.